The number of carbonyl (C=O) groups excluding carboxylic acids is 1. The lowest BCUT2D eigenvalue weighted by Crippen LogP contribution is -2.39. The molecule has 0 amide bonds. The normalized spacial score (nSPS) is 22.8. The Bertz CT molecular complexity index is 438. The van der Waals surface area contributed by atoms with Crippen molar-refractivity contribution in [1.82, 2.24) is 0 Å². The highest BCUT2D eigenvalue weighted by Crippen LogP contribution is 2.39. The van der Waals surface area contributed by atoms with Crippen molar-refractivity contribution in [2.75, 3.05) is 7.11 Å². The number of rotatable bonds is 1. The minimum Gasteiger partial charge on any atom is -0.497 e. The van der Waals surface area contributed by atoms with Gasteiger partial charge in [0.25, 0.3) is 0 Å². The molecule has 0 N–H and O–H groups in total. The third-order valence-corrected chi connectivity index (χ3v) is 3.93. The summed E-state index contributed by atoms with van der Waals surface area (Å²) in [5.74, 6) is 0.711. The number of hydrogen-bond donors (Lipinski definition) is 0. The molecule has 1 atom stereocenters. The molecule has 86 valence electrons. The summed E-state index contributed by atoms with van der Waals surface area (Å²) in [6.45, 7) is 4.05. The van der Waals surface area contributed by atoms with Crippen molar-refractivity contribution in [3.63, 3.8) is 0 Å². The van der Waals surface area contributed by atoms with Gasteiger partial charge in [0.05, 0.1) is 7.11 Å². The molecule has 0 aliphatic heterocycles. The molecule has 2 nitrogen and oxygen atoms in total. The molecule has 1 aliphatic rings. The number of ether oxygens (including phenoxy) is 1. The van der Waals surface area contributed by atoms with Crippen LogP contribution in [0.4, 0.5) is 0 Å². The van der Waals surface area contributed by atoms with E-state index in [4.69, 9.17) is 16.3 Å². The molecular formula is C13H15ClO2. The van der Waals surface area contributed by atoms with Crippen molar-refractivity contribution < 1.29 is 9.53 Å². The van der Waals surface area contributed by atoms with Gasteiger partial charge in [-0.1, -0.05) is 19.9 Å². The lowest BCUT2D eigenvalue weighted by Gasteiger charge is -2.34. The molecule has 16 heavy (non-hydrogen) atoms. The Morgan fingerprint density at radius 2 is 2.12 bits per heavy atom. The van der Waals surface area contributed by atoms with Crippen LogP contribution in [0.5, 0.6) is 5.75 Å². The van der Waals surface area contributed by atoms with Gasteiger partial charge in [-0.25, -0.2) is 0 Å². The molecule has 1 aliphatic carbocycles. The fourth-order valence-corrected chi connectivity index (χ4v) is 2.33. The van der Waals surface area contributed by atoms with Crippen LogP contribution >= 0.6 is 11.6 Å². The second-order valence-electron chi connectivity index (χ2n) is 4.92. The predicted molar refractivity (Wildman–Crippen MR) is 64.5 cm³/mol. The Labute approximate surface area is 101 Å². The van der Waals surface area contributed by atoms with Gasteiger partial charge in [-0.15, -0.1) is 11.6 Å². The average molecular weight is 239 g/mol. The summed E-state index contributed by atoms with van der Waals surface area (Å²) in [5, 5.41) is -0.452. The lowest BCUT2D eigenvalue weighted by atomic mass is 9.73. The number of hydrogen-bond acceptors (Lipinski definition) is 2. The van der Waals surface area contributed by atoms with Crippen LogP contribution in [-0.2, 0) is 6.42 Å². The Balaban J connectivity index is 2.51. The summed E-state index contributed by atoms with van der Waals surface area (Å²) in [4.78, 5) is 12.1. The fraction of sp³-hybridized carbons (Fsp3) is 0.462. The highest BCUT2D eigenvalue weighted by Gasteiger charge is 2.39. The first-order valence-electron chi connectivity index (χ1n) is 5.31. The standard InChI is InChI=1S/C13H15ClO2/c1-13(2)7-8-4-5-9(16-3)6-10(8)11(15)12(13)14/h4-6,12H,7H2,1-3H3/t12-/m1/s1. The first-order valence-corrected chi connectivity index (χ1v) is 5.74. The summed E-state index contributed by atoms with van der Waals surface area (Å²) >= 11 is 6.19. The first-order chi connectivity index (χ1) is 7.45. The van der Waals surface area contributed by atoms with Gasteiger partial charge in [0, 0.05) is 5.56 Å². The second kappa shape index (κ2) is 3.77. The third kappa shape index (κ3) is 1.71. The van der Waals surface area contributed by atoms with Crippen LogP contribution < -0.4 is 4.74 Å². The van der Waals surface area contributed by atoms with E-state index in [0.717, 1.165) is 12.0 Å². The zero-order valence-corrected chi connectivity index (χ0v) is 10.5. The van der Waals surface area contributed by atoms with Gasteiger partial charge in [-0.2, -0.15) is 0 Å². The number of fused-ring (bicyclic) bond motifs is 1. The van der Waals surface area contributed by atoms with Gasteiger partial charge in [-0.3, -0.25) is 4.79 Å². The SMILES string of the molecule is COc1ccc2c(c1)C(=O)[C@@H](Cl)C(C)(C)C2. The van der Waals surface area contributed by atoms with Crippen molar-refractivity contribution in [3.8, 4) is 5.75 Å². The van der Waals surface area contributed by atoms with E-state index in [2.05, 4.69) is 0 Å². The summed E-state index contributed by atoms with van der Waals surface area (Å²) in [7, 11) is 1.59. The molecule has 1 aromatic rings. The molecule has 0 radical (unpaired) electrons. The maximum absolute atomic E-state index is 12.1. The number of Topliss-reactive ketones (excluding diaryl/α,β-unsaturated/α-hetero) is 1. The summed E-state index contributed by atoms with van der Waals surface area (Å²) in [5.41, 5.74) is 1.59. The molecule has 1 aromatic carbocycles. The summed E-state index contributed by atoms with van der Waals surface area (Å²) in [6.07, 6.45) is 0.826. The van der Waals surface area contributed by atoms with Crippen molar-refractivity contribution in [3.05, 3.63) is 29.3 Å². The average Bonchev–Trinajstić information content (AvgIpc) is 2.25. The van der Waals surface area contributed by atoms with E-state index >= 15 is 0 Å². The third-order valence-electron chi connectivity index (χ3n) is 3.14. The number of ketones is 1. The van der Waals surface area contributed by atoms with Crippen LogP contribution in [0.15, 0.2) is 18.2 Å². The van der Waals surface area contributed by atoms with E-state index in [1.54, 1.807) is 13.2 Å². The molecule has 0 aromatic heterocycles. The van der Waals surface area contributed by atoms with E-state index in [0.29, 0.717) is 11.3 Å². The Morgan fingerprint density at radius 1 is 1.44 bits per heavy atom. The Hall–Kier alpha value is -1.02. The van der Waals surface area contributed by atoms with Crippen molar-refractivity contribution in [1.29, 1.82) is 0 Å². The molecule has 0 fully saturated rings. The van der Waals surface area contributed by atoms with Crippen molar-refractivity contribution >= 4 is 17.4 Å². The first kappa shape index (κ1) is 11.5. The maximum atomic E-state index is 12.1. The van der Waals surface area contributed by atoms with Gasteiger partial charge in [0.2, 0.25) is 0 Å². The zero-order chi connectivity index (χ0) is 11.9. The molecule has 0 bridgehead atoms. The van der Waals surface area contributed by atoms with Gasteiger partial charge in [0.1, 0.15) is 11.1 Å². The highest BCUT2D eigenvalue weighted by atomic mass is 35.5. The number of methoxy groups -OCH3 is 1. The van der Waals surface area contributed by atoms with Crippen molar-refractivity contribution in [2.24, 2.45) is 5.41 Å². The van der Waals surface area contributed by atoms with Gasteiger partial charge < -0.3 is 4.74 Å². The van der Waals surface area contributed by atoms with E-state index in [9.17, 15) is 4.79 Å². The molecule has 2 rings (SSSR count). The Morgan fingerprint density at radius 3 is 2.75 bits per heavy atom. The van der Waals surface area contributed by atoms with Crippen LogP contribution in [-0.4, -0.2) is 18.3 Å². The van der Waals surface area contributed by atoms with E-state index in [-0.39, 0.29) is 11.2 Å². The van der Waals surface area contributed by atoms with Crippen LogP contribution in [0.2, 0.25) is 0 Å². The molecule has 0 saturated heterocycles. The van der Waals surface area contributed by atoms with Gasteiger partial charge in [0.15, 0.2) is 5.78 Å². The lowest BCUT2D eigenvalue weighted by molar-refractivity contribution is 0.0920. The van der Waals surface area contributed by atoms with Crippen LogP contribution in [0.1, 0.15) is 29.8 Å². The summed E-state index contributed by atoms with van der Waals surface area (Å²) < 4.78 is 5.12. The molecular weight excluding hydrogens is 224 g/mol. The van der Waals surface area contributed by atoms with E-state index in [1.165, 1.54) is 0 Å². The minimum absolute atomic E-state index is 0.00631. The maximum Gasteiger partial charge on any atom is 0.181 e. The topological polar surface area (TPSA) is 26.3 Å². The van der Waals surface area contributed by atoms with Crippen LogP contribution in [0.3, 0.4) is 0 Å². The molecule has 0 saturated carbocycles. The van der Waals surface area contributed by atoms with Crippen molar-refractivity contribution in [2.45, 2.75) is 25.6 Å². The minimum atomic E-state index is -0.452. The predicted octanol–water partition coefficient (Wildman–Crippen LogP) is 3.07. The molecule has 0 unspecified atom stereocenters. The number of alkyl halides is 1. The number of carbonyl (C=O) groups is 1. The van der Waals surface area contributed by atoms with Crippen LogP contribution in [0, 0.1) is 5.41 Å². The quantitative estimate of drug-likeness (QED) is 0.703. The largest absolute Gasteiger partial charge is 0.497 e. The fourth-order valence-electron chi connectivity index (χ4n) is 2.14. The highest BCUT2D eigenvalue weighted by molar-refractivity contribution is 6.35. The van der Waals surface area contributed by atoms with Crippen LogP contribution in [0.25, 0.3) is 0 Å². The number of halogens is 1. The smallest absolute Gasteiger partial charge is 0.181 e. The second-order valence-corrected chi connectivity index (χ2v) is 5.35. The zero-order valence-electron chi connectivity index (χ0n) is 9.71. The van der Waals surface area contributed by atoms with Gasteiger partial charge in [-0.05, 0) is 29.5 Å². The van der Waals surface area contributed by atoms with Gasteiger partial charge >= 0.3 is 0 Å². The summed E-state index contributed by atoms with van der Waals surface area (Å²) in [6, 6.07) is 5.62. The number of benzene rings is 1. The Kier molecular flexibility index (Phi) is 2.70. The van der Waals surface area contributed by atoms with E-state index in [1.807, 2.05) is 26.0 Å². The monoisotopic (exact) mass is 238 g/mol. The molecule has 0 heterocycles. The van der Waals surface area contributed by atoms with E-state index < -0.39 is 5.38 Å². The molecule has 3 heteroatoms. The molecule has 0 spiro atoms.